The second-order valence-electron chi connectivity index (χ2n) is 5.32. The molecular weight excluding hydrogens is 186 g/mol. The van der Waals surface area contributed by atoms with Gasteiger partial charge in [0.05, 0.1) is 5.71 Å². The lowest BCUT2D eigenvalue weighted by Crippen LogP contribution is -2.47. The molecule has 1 fully saturated rings. The Labute approximate surface area is 91.4 Å². The number of hydrogen-bond donors (Lipinski definition) is 1. The molecule has 0 saturated heterocycles. The molecule has 3 aliphatic carbocycles. The van der Waals surface area contributed by atoms with Crippen molar-refractivity contribution < 1.29 is 5.21 Å². The lowest BCUT2D eigenvalue weighted by atomic mass is 9.49. The van der Waals surface area contributed by atoms with E-state index >= 15 is 0 Å². The van der Waals surface area contributed by atoms with Gasteiger partial charge in [0.15, 0.2) is 0 Å². The Bertz CT molecular complexity index is 350. The van der Waals surface area contributed by atoms with Crippen molar-refractivity contribution in [3.05, 3.63) is 23.8 Å². The summed E-state index contributed by atoms with van der Waals surface area (Å²) in [5.74, 6) is 1.59. The van der Waals surface area contributed by atoms with Gasteiger partial charge in [-0.1, -0.05) is 31.2 Å². The van der Waals surface area contributed by atoms with Crippen LogP contribution in [-0.2, 0) is 0 Å². The van der Waals surface area contributed by atoms with Crippen molar-refractivity contribution >= 4 is 5.71 Å². The van der Waals surface area contributed by atoms with Gasteiger partial charge in [0.2, 0.25) is 0 Å². The number of oxime groups is 1. The summed E-state index contributed by atoms with van der Waals surface area (Å²) in [5, 5.41) is 11.7. The Kier molecular flexibility index (Phi) is 2.45. The zero-order valence-corrected chi connectivity index (χ0v) is 9.70. The topological polar surface area (TPSA) is 32.6 Å². The molecule has 2 nitrogen and oxygen atoms in total. The highest BCUT2D eigenvalue weighted by Crippen LogP contribution is 2.59. The maximum atomic E-state index is 8.56. The van der Waals surface area contributed by atoms with E-state index in [4.69, 9.17) is 5.21 Å². The first kappa shape index (κ1) is 10.5. The molecule has 2 heteroatoms. The van der Waals surface area contributed by atoms with Gasteiger partial charge in [-0.15, -0.1) is 0 Å². The quantitative estimate of drug-likeness (QED) is 0.418. The van der Waals surface area contributed by atoms with Crippen LogP contribution >= 0.6 is 0 Å². The highest BCUT2D eigenvalue weighted by Gasteiger charge is 2.50. The molecule has 82 valence electrons. The number of allylic oxidation sites excluding steroid dienone is 4. The zero-order chi connectivity index (χ0) is 11.1. The molecule has 3 aliphatic rings. The van der Waals surface area contributed by atoms with Crippen LogP contribution in [0.15, 0.2) is 29.0 Å². The number of rotatable bonds is 2. The zero-order valence-electron chi connectivity index (χ0n) is 9.70. The van der Waals surface area contributed by atoms with Crippen LogP contribution in [0.1, 0.15) is 33.6 Å². The summed E-state index contributed by atoms with van der Waals surface area (Å²) in [6, 6.07) is 0. The first-order chi connectivity index (χ1) is 7.05. The minimum absolute atomic E-state index is 0.471. The van der Waals surface area contributed by atoms with Crippen LogP contribution in [0.5, 0.6) is 0 Å². The molecule has 0 radical (unpaired) electrons. The maximum absolute atomic E-state index is 8.56. The Morgan fingerprint density at radius 3 is 2.87 bits per heavy atom. The van der Waals surface area contributed by atoms with Crippen LogP contribution in [0, 0.1) is 17.3 Å². The van der Waals surface area contributed by atoms with Gasteiger partial charge in [-0.2, -0.15) is 0 Å². The van der Waals surface area contributed by atoms with Crippen LogP contribution in [0.3, 0.4) is 0 Å². The van der Waals surface area contributed by atoms with Gasteiger partial charge in [0.1, 0.15) is 0 Å². The van der Waals surface area contributed by atoms with E-state index in [0.717, 1.165) is 5.92 Å². The van der Waals surface area contributed by atoms with Crippen molar-refractivity contribution in [1.29, 1.82) is 0 Å². The Morgan fingerprint density at radius 1 is 1.60 bits per heavy atom. The SMILES string of the molecule is CC(/C=C/C1=CC[C@H]2C[C@@H]1C2(C)C)=N\O. The fraction of sp³-hybridized carbons (Fsp3) is 0.615. The lowest BCUT2D eigenvalue weighted by Gasteiger charge is -2.56. The van der Waals surface area contributed by atoms with Crippen molar-refractivity contribution in [2.24, 2.45) is 22.4 Å². The van der Waals surface area contributed by atoms with Crippen LogP contribution in [0.25, 0.3) is 0 Å². The van der Waals surface area contributed by atoms with E-state index in [1.807, 2.05) is 6.08 Å². The van der Waals surface area contributed by atoms with Gasteiger partial charge >= 0.3 is 0 Å². The molecule has 2 bridgehead atoms. The molecule has 1 N–H and O–H groups in total. The summed E-state index contributed by atoms with van der Waals surface area (Å²) in [5.41, 5.74) is 2.55. The van der Waals surface area contributed by atoms with Crippen LogP contribution in [-0.4, -0.2) is 10.9 Å². The van der Waals surface area contributed by atoms with Crippen molar-refractivity contribution in [1.82, 2.24) is 0 Å². The molecule has 0 heterocycles. The molecule has 0 aromatic heterocycles. The Balaban J connectivity index is 2.12. The summed E-state index contributed by atoms with van der Waals surface area (Å²) >= 11 is 0. The van der Waals surface area contributed by atoms with Gasteiger partial charge < -0.3 is 5.21 Å². The summed E-state index contributed by atoms with van der Waals surface area (Å²) in [6.45, 7) is 6.52. The molecule has 3 rings (SSSR count). The maximum Gasteiger partial charge on any atom is 0.0764 e. The molecule has 0 amide bonds. The minimum atomic E-state index is 0.471. The smallest absolute Gasteiger partial charge is 0.0764 e. The van der Waals surface area contributed by atoms with Crippen molar-refractivity contribution in [2.75, 3.05) is 0 Å². The predicted molar refractivity (Wildman–Crippen MR) is 62.1 cm³/mol. The van der Waals surface area contributed by atoms with Gasteiger partial charge in [-0.05, 0) is 48.7 Å². The Morgan fingerprint density at radius 2 is 2.33 bits per heavy atom. The normalized spacial score (nSPS) is 33.8. The van der Waals surface area contributed by atoms with E-state index in [-0.39, 0.29) is 0 Å². The van der Waals surface area contributed by atoms with Crippen molar-refractivity contribution in [3.8, 4) is 0 Å². The van der Waals surface area contributed by atoms with Gasteiger partial charge in [-0.3, -0.25) is 0 Å². The third-order valence-electron chi connectivity index (χ3n) is 4.19. The fourth-order valence-electron chi connectivity index (χ4n) is 2.84. The standard InChI is InChI=1S/C13H19NO/c1-9(14-15)4-5-10-6-7-11-8-12(10)13(11,2)3/h4-6,11-12,15H,7-8H2,1-3H3/b5-4+,14-9+/t11-,12-/m0/s1. The molecule has 0 aliphatic heterocycles. The molecule has 0 aromatic rings. The second kappa shape index (κ2) is 3.51. The monoisotopic (exact) mass is 205 g/mol. The van der Waals surface area contributed by atoms with E-state index in [9.17, 15) is 0 Å². The van der Waals surface area contributed by atoms with E-state index in [1.165, 1.54) is 18.4 Å². The van der Waals surface area contributed by atoms with Crippen LogP contribution in [0.4, 0.5) is 0 Å². The highest BCUT2D eigenvalue weighted by atomic mass is 16.4. The largest absolute Gasteiger partial charge is 0.411 e. The number of hydrogen-bond acceptors (Lipinski definition) is 2. The van der Waals surface area contributed by atoms with Crippen molar-refractivity contribution in [3.63, 3.8) is 0 Å². The second-order valence-corrected chi connectivity index (χ2v) is 5.32. The highest BCUT2D eigenvalue weighted by molar-refractivity contribution is 5.92. The molecule has 0 spiro atoms. The van der Waals surface area contributed by atoms with E-state index < -0.39 is 0 Å². The summed E-state index contributed by atoms with van der Waals surface area (Å²) < 4.78 is 0. The molecule has 1 saturated carbocycles. The summed E-state index contributed by atoms with van der Waals surface area (Å²) in [4.78, 5) is 0. The third-order valence-corrected chi connectivity index (χ3v) is 4.19. The molecule has 15 heavy (non-hydrogen) atoms. The number of nitrogens with zero attached hydrogens (tertiary/aromatic N) is 1. The van der Waals surface area contributed by atoms with E-state index in [1.54, 1.807) is 6.92 Å². The lowest BCUT2D eigenvalue weighted by molar-refractivity contribution is -0.00328. The average Bonchev–Trinajstić information content (AvgIpc) is 2.25. The van der Waals surface area contributed by atoms with Gasteiger partial charge in [-0.25, -0.2) is 0 Å². The summed E-state index contributed by atoms with van der Waals surface area (Å²) in [7, 11) is 0. The van der Waals surface area contributed by atoms with Gasteiger partial charge in [0.25, 0.3) is 0 Å². The molecule has 0 aromatic carbocycles. The first-order valence-corrected chi connectivity index (χ1v) is 5.62. The third kappa shape index (κ3) is 1.62. The first-order valence-electron chi connectivity index (χ1n) is 5.62. The van der Waals surface area contributed by atoms with Crippen molar-refractivity contribution in [2.45, 2.75) is 33.6 Å². The van der Waals surface area contributed by atoms with Crippen LogP contribution < -0.4 is 0 Å². The molecule has 0 unspecified atom stereocenters. The predicted octanol–water partition coefficient (Wildman–Crippen LogP) is 3.39. The van der Waals surface area contributed by atoms with E-state index in [0.29, 0.717) is 17.0 Å². The minimum Gasteiger partial charge on any atom is -0.411 e. The van der Waals surface area contributed by atoms with Crippen LogP contribution in [0.2, 0.25) is 0 Å². The Hall–Kier alpha value is -1.05. The number of fused-ring (bicyclic) bond motifs is 1. The van der Waals surface area contributed by atoms with Gasteiger partial charge in [0, 0.05) is 0 Å². The average molecular weight is 205 g/mol. The summed E-state index contributed by atoms with van der Waals surface area (Å²) in [6.07, 6.45) is 8.87. The van der Waals surface area contributed by atoms with E-state index in [2.05, 4.69) is 31.2 Å². The fourth-order valence-corrected chi connectivity index (χ4v) is 2.84. The molecular formula is C13H19NO. The molecule has 2 atom stereocenters.